The lowest BCUT2D eigenvalue weighted by Crippen LogP contribution is -2.35. The van der Waals surface area contributed by atoms with E-state index in [1.165, 1.54) is 0 Å². The van der Waals surface area contributed by atoms with Gasteiger partial charge in [0, 0.05) is 5.56 Å². The van der Waals surface area contributed by atoms with Crippen LogP contribution in [0.25, 0.3) is 21.4 Å². The van der Waals surface area contributed by atoms with Crippen LogP contribution in [0.3, 0.4) is 0 Å². The zero-order chi connectivity index (χ0) is 16.9. The molecule has 0 saturated carbocycles. The van der Waals surface area contributed by atoms with Gasteiger partial charge in [0.1, 0.15) is 21.7 Å². The van der Waals surface area contributed by atoms with E-state index < -0.39 is 5.66 Å². The van der Waals surface area contributed by atoms with Gasteiger partial charge < -0.3 is 0 Å². The molecule has 0 bridgehead atoms. The lowest BCUT2D eigenvalue weighted by molar-refractivity contribution is 0.316. The molecule has 1 saturated heterocycles. The van der Waals surface area contributed by atoms with Crippen LogP contribution in [0.15, 0.2) is 70.0 Å². The molecule has 1 atom stereocenters. The van der Waals surface area contributed by atoms with Gasteiger partial charge in [-0.15, -0.1) is 26.7 Å². The third-order valence-electron chi connectivity index (χ3n) is 5.01. The van der Waals surface area contributed by atoms with Crippen LogP contribution in [0, 0.1) is 0 Å². The molecule has 1 unspecified atom stereocenters. The number of rotatable bonds is 1. The Balaban J connectivity index is 1.50. The molecule has 0 radical (unpaired) electrons. The molecule has 1 fully saturated rings. The number of thiophene rings is 1. The quantitative estimate of drug-likeness (QED) is 0.485. The maximum atomic E-state index is 4.80. The number of hydrazone groups is 1. The molecule has 7 rings (SSSR count). The van der Waals surface area contributed by atoms with Crippen LogP contribution < -0.4 is 0 Å². The fourth-order valence-electron chi connectivity index (χ4n) is 3.75. The van der Waals surface area contributed by atoms with Gasteiger partial charge in [-0.05, 0) is 17.4 Å². The van der Waals surface area contributed by atoms with Crippen molar-refractivity contribution >= 4 is 44.1 Å². The van der Waals surface area contributed by atoms with E-state index in [1.807, 2.05) is 52.7 Å². The maximum absolute atomic E-state index is 4.80. The lowest BCUT2D eigenvalue weighted by atomic mass is 9.96. The van der Waals surface area contributed by atoms with Crippen LogP contribution in [0.1, 0.15) is 10.4 Å². The molecule has 3 aliphatic rings. The second-order valence-corrected chi connectivity index (χ2v) is 7.40. The van der Waals surface area contributed by atoms with Crippen LogP contribution in [-0.4, -0.2) is 25.9 Å². The average Bonchev–Trinajstić information content (AvgIpc) is 3.01. The molecule has 2 aromatic heterocycles. The van der Waals surface area contributed by atoms with Crippen molar-refractivity contribution in [1.82, 2.24) is 20.2 Å². The third-order valence-corrected chi connectivity index (χ3v) is 6.17. The molecular weight excluding hydrogens is 346 g/mol. The van der Waals surface area contributed by atoms with E-state index in [-0.39, 0.29) is 0 Å². The van der Waals surface area contributed by atoms with E-state index in [9.17, 15) is 0 Å². The summed E-state index contributed by atoms with van der Waals surface area (Å²) >= 11 is 1.63. The molecule has 122 valence electrons. The summed E-state index contributed by atoms with van der Waals surface area (Å²) in [5, 5.41) is 17.1. The van der Waals surface area contributed by atoms with Crippen molar-refractivity contribution in [2.24, 2.45) is 15.4 Å². The first-order chi connectivity index (χ1) is 12.9. The number of aromatic nitrogens is 2. The van der Waals surface area contributed by atoms with Crippen molar-refractivity contribution < 1.29 is 0 Å². The number of hydrogen-bond donors (Lipinski definition) is 0. The minimum Gasteiger partial charge on any atom is -0.241 e. The van der Waals surface area contributed by atoms with Crippen molar-refractivity contribution in [3.05, 3.63) is 65.0 Å². The zero-order valence-electron chi connectivity index (χ0n) is 13.2. The highest BCUT2D eigenvalue weighted by atomic mass is 32.1. The number of hydrazine groups is 1. The Morgan fingerprint density at radius 1 is 0.846 bits per heavy atom. The van der Waals surface area contributed by atoms with Gasteiger partial charge in [0.05, 0.1) is 15.9 Å². The van der Waals surface area contributed by atoms with Gasteiger partial charge in [-0.3, -0.25) is 0 Å². The molecule has 0 aliphatic carbocycles. The zero-order valence-corrected chi connectivity index (χ0v) is 14.1. The minimum atomic E-state index is -0.433. The molecule has 5 heterocycles. The van der Waals surface area contributed by atoms with Gasteiger partial charge in [0.2, 0.25) is 0 Å². The van der Waals surface area contributed by atoms with Gasteiger partial charge in [-0.2, -0.15) is 5.10 Å². The molecule has 3 aliphatic heterocycles. The van der Waals surface area contributed by atoms with E-state index in [0.29, 0.717) is 0 Å². The fraction of sp³-hybridized carbons (Fsp3) is 0.0556. The highest BCUT2D eigenvalue weighted by molar-refractivity contribution is 7.19. The summed E-state index contributed by atoms with van der Waals surface area (Å²) in [6.07, 6.45) is 0. The third kappa shape index (κ3) is 1.28. The Morgan fingerprint density at radius 2 is 1.62 bits per heavy atom. The van der Waals surface area contributed by atoms with E-state index in [4.69, 9.17) is 9.97 Å². The van der Waals surface area contributed by atoms with Crippen molar-refractivity contribution in [2.75, 3.05) is 0 Å². The first-order valence-corrected chi connectivity index (χ1v) is 9.05. The Hall–Kier alpha value is -3.39. The van der Waals surface area contributed by atoms with E-state index in [0.717, 1.165) is 43.2 Å². The van der Waals surface area contributed by atoms with Crippen LogP contribution in [0.2, 0.25) is 0 Å². The van der Waals surface area contributed by atoms with Crippen LogP contribution in [0.4, 0.5) is 5.69 Å². The summed E-state index contributed by atoms with van der Waals surface area (Å²) in [7, 11) is 0. The number of hydrogen-bond acceptors (Lipinski definition) is 8. The van der Waals surface area contributed by atoms with Crippen LogP contribution in [-0.2, 0) is 5.66 Å². The van der Waals surface area contributed by atoms with E-state index in [1.54, 1.807) is 11.3 Å². The van der Waals surface area contributed by atoms with Crippen molar-refractivity contribution in [3.8, 4) is 0 Å². The minimum absolute atomic E-state index is 0.433. The van der Waals surface area contributed by atoms with Gasteiger partial charge in [-0.1, -0.05) is 42.5 Å². The number of para-hydroxylation sites is 2. The highest BCUT2D eigenvalue weighted by Gasteiger charge is 2.77. The molecule has 2 aromatic carbocycles. The summed E-state index contributed by atoms with van der Waals surface area (Å²) in [4.78, 5) is 11.6. The lowest BCUT2D eigenvalue weighted by Gasteiger charge is -2.21. The Labute approximate surface area is 150 Å². The number of nitrogens with zero attached hydrogens (tertiary/aromatic N) is 7. The molecule has 0 N–H and O–H groups in total. The molecule has 8 heteroatoms. The Bertz CT molecular complexity index is 1310. The number of benzene rings is 2. The van der Waals surface area contributed by atoms with E-state index in [2.05, 4.69) is 27.6 Å². The number of fused-ring (bicyclic) bond motifs is 5. The normalized spacial score (nSPS) is 21.9. The van der Waals surface area contributed by atoms with Crippen LogP contribution >= 0.6 is 11.3 Å². The summed E-state index contributed by atoms with van der Waals surface area (Å²) in [6.45, 7) is 0. The van der Waals surface area contributed by atoms with E-state index >= 15 is 0 Å². The first kappa shape index (κ1) is 12.9. The van der Waals surface area contributed by atoms with Crippen molar-refractivity contribution in [3.63, 3.8) is 0 Å². The SMILES string of the molecule is c1ccc(C2=NN3N4N=Nc5c(sc6nc7ccccc7nc56)C243)cc1. The smallest absolute Gasteiger partial charge is 0.241 e. The summed E-state index contributed by atoms with van der Waals surface area (Å²) < 4.78 is 0. The molecule has 26 heavy (non-hydrogen) atoms. The monoisotopic (exact) mass is 355 g/mol. The molecule has 7 nitrogen and oxygen atoms in total. The summed E-state index contributed by atoms with van der Waals surface area (Å²) in [5.41, 5.74) is 5.04. The second kappa shape index (κ2) is 4.05. The largest absolute Gasteiger partial charge is 0.273 e. The highest BCUT2D eigenvalue weighted by Crippen LogP contribution is 2.65. The summed E-state index contributed by atoms with van der Waals surface area (Å²) in [5.74, 6) is 0. The predicted octanol–water partition coefficient (Wildman–Crippen LogP) is 3.96. The van der Waals surface area contributed by atoms with Crippen molar-refractivity contribution in [2.45, 2.75) is 5.66 Å². The molecule has 0 amide bonds. The molecule has 4 aromatic rings. The van der Waals surface area contributed by atoms with Gasteiger partial charge >= 0.3 is 0 Å². The Morgan fingerprint density at radius 3 is 2.46 bits per heavy atom. The molecular formula is C18H9N7S. The Kier molecular flexibility index (Phi) is 2.01. The fourth-order valence-corrected chi connectivity index (χ4v) is 4.96. The topological polar surface area (TPSA) is 68.9 Å². The molecule has 1 spiro atoms. The predicted molar refractivity (Wildman–Crippen MR) is 97.8 cm³/mol. The van der Waals surface area contributed by atoms with Gasteiger partial charge in [-0.25, -0.2) is 9.97 Å². The van der Waals surface area contributed by atoms with Crippen LogP contribution in [0.5, 0.6) is 0 Å². The maximum Gasteiger partial charge on any atom is 0.273 e. The standard InChI is InChI=1S/C18H9N7S/c1-2-6-10(7-3-1)15-18-16-13(21-23-25(18)24(18)22-15)14-17(26-16)20-12-9-5-4-8-11(12)19-14/h1-9H. The van der Waals surface area contributed by atoms with Gasteiger partial charge in [0.25, 0.3) is 5.66 Å². The average molecular weight is 355 g/mol. The van der Waals surface area contributed by atoms with Gasteiger partial charge in [0.15, 0.2) is 0 Å². The van der Waals surface area contributed by atoms with Crippen molar-refractivity contribution in [1.29, 1.82) is 0 Å². The first-order valence-electron chi connectivity index (χ1n) is 8.24. The second-order valence-electron chi connectivity index (χ2n) is 6.40. The summed E-state index contributed by atoms with van der Waals surface area (Å²) in [6, 6.07) is 18.1.